The van der Waals surface area contributed by atoms with Crippen LogP contribution in [0.2, 0.25) is 0 Å². The Balaban J connectivity index is 4.18. The van der Waals surface area contributed by atoms with Gasteiger partial charge in [-0.1, -0.05) is 0 Å². The summed E-state index contributed by atoms with van der Waals surface area (Å²) in [6.45, 7) is -0.406. The Labute approximate surface area is 81.4 Å². The van der Waals surface area contributed by atoms with Crippen molar-refractivity contribution >= 4 is 10.1 Å². The van der Waals surface area contributed by atoms with Crippen LogP contribution < -0.4 is 0 Å². The summed E-state index contributed by atoms with van der Waals surface area (Å²) in [5.74, 6) is -1.06. The molecule has 7 nitrogen and oxygen atoms in total. The molecule has 0 radical (unpaired) electrons. The van der Waals surface area contributed by atoms with Gasteiger partial charge in [0.25, 0.3) is 10.1 Å². The average Bonchev–Trinajstić information content (AvgIpc) is 2.00. The van der Waals surface area contributed by atoms with E-state index in [2.05, 4.69) is 0 Å². The molecule has 0 aromatic carbocycles. The molecule has 3 atom stereocenters. The van der Waals surface area contributed by atoms with E-state index in [1.165, 1.54) is 0 Å². The Morgan fingerprint density at radius 1 is 1.07 bits per heavy atom. The van der Waals surface area contributed by atoms with Crippen molar-refractivity contribution in [2.24, 2.45) is 0 Å². The summed E-state index contributed by atoms with van der Waals surface area (Å²) in [4.78, 5) is 0. The lowest BCUT2D eigenvalue weighted by Gasteiger charge is -2.21. The molecule has 0 unspecified atom stereocenters. The van der Waals surface area contributed by atoms with Crippen molar-refractivity contribution < 1.29 is 33.4 Å². The molecule has 0 rings (SSSR count). The Bertz CT molecular complexity index is 249. The number of hydrogen-bond acceptors (Lipinski definition) is 6. The van der Waals surface area contributed by atoms with Crippen molar-refractivity contribution in [1.82, 2.24) is 0 Å². The molecular weight excluding hydrogens is 216 g/mol. The van der Waals surface area contributed by atoms with Gasteiger partial charge in [0, 0.05) is 6.61 Å². The highest BCUT2D eigenvalue weighted by Crippen LogP contribution is 2.05. The summed E-state index contributed by atoms with van der Waals surface area (Å²) < 4.78 is 28.9. The first-order valence-electron chi connectivity index (χ1n) is 3.88. The minimum Gasteiger partial charge on any atom is -0.396 e. The molecular formula is C6H14O7S. The van der Waals surface area contributed by atoms with Crippen LogP contribution in [0.25, 0.3) is 0 Å². The number of aliphatic hydroxyl groups is 4. The van der Waals surface area contributed by atoms with Crippen LogP contribution in [0.4, 0.5) is 0 Å². The monoisotopic (exact) mass is 230 g/mol. The first-order chi connectivity index (χ1) is 6.28. The smallest absolute Gasteiger partial charge is 0.267 e. The molecule has 0 aromatic rings. The van der Waals surface area contributed by atoms with Crippen LogP contribution in [0.1, 0.15) is 6.42 Å². The lowest BCUT2D eigenvalue weighted by molar-refractivity contribution is -0.0577. The van der Waals surface area contributed by atoms with E-state index in [-0.39, 0.29) is 6.42 Å². The fourth-order valence-corrected chi connectivity index (χ4v) is 1.50. The molecule has 0 saturated heterocycles. The Kier molecular flexibility index (Phi) is 5.49. The summed E-state index contributed by atoms with van der Waals surface area (Å²) in [5.41, 5.74) is 0. The second kappa shape index (κ2) is 5.59. The Morgan fingerprint density at radius 2 is 1.57 bits per heavy atom. The van der Waals surface area contributed by atoms with Crippen LogP contribution in [-0.2, 0) is 10.1 Å². The third-order valence-electron chi connectivity index (χ3n) is 1.59. The third-order valence-corrected chi connectivity index (χ3v) is 2.36. The first kappa shape index (κ1) is 13.8. The summed E-state index contributed by atoms with van der Waals surface area (Å²) in [7, 11) is -4.40. The van der Waals surface area contributed by atoms with Crippen LogP contribution >= 0.6 is 0 Å². The molecule has 0 bridgehead atoms. The van der Waals surface area contributed by atoms with Gasteiger partial charge >= 0.3 is 0 Å². The average molecular weight is 230 g/mol. The molecule has 8 heteroatoms. The SMILES string of the molecule is O=S(=O)(O)C[C@H](O)[C@@H](O)[C@@H](O)CCO. The normalized spacial score (nSPS) is 18.9. The molecule has 86 valence electrons. The highest BCUT2D eigenvalue weighted by Gasteiger charge is 2.27. The molecule has 14 heavy (non-hydrogen) atoms. The summed E-state index contributed by atoms with van der Waals surface area (Å²) in [6, 6.07) is 0. The van der Waals surface area contributed by atoms with Gasteiger partial charge in [0.05, 0.1) is 12.2 Å². The molecule has 0 aliphatic heterocycles. The van der Waals surface area contributed by atoms with E-state index in [1.807, 2.05) is 0 Å². The molecule has 0 spiro atoms. The summed E-state index contributed by atoms with van der Waals surface area (Å²) in [5, 5.41) is 35.5. The second-order valence-corrected chi connectivity index (χ2v) is 4.38. The Hall–Kier alpha value is -0.250. The predicted molar refractivity (Wildman–Crippen MR) is 46.1 cm³/mol. The molecule has 0 fully saturated rings. The summed E-state index contributed by atoms with van der Waals surface area (Å²) in [6.07, 6.45) is -5.13. The zero-order valence-electron chi connectivity index (χ0n) is 7.31. The number of hydrogen-bond donors (Lipinski definition) is 5. The Morgan fingerprint density at radius 3 is 1.93 bits per heavy atom. The van der Waals surface area contributed by atoms with Crippen molar-refractivity contribution in [2.45, 2.75) is 24.7 Å². The van der Waals surface area contributed by atoms with Gasteiger partial charge in [0.1, 0.15) is 11.9 Å². The van der Waals surface area contributed by atoms with Crippen LogP contribution in [0.3, 0.4) is 0 Å². The molecule has 0 aliphatic rings. The highest BCUT2D eigenvalue weighted by atomic mass is 32.2. The van der Waals surface area contributed by atoms with Gasteiger partial charge in [-0.2, -0.15) is 8.42 Å². The van der Waals surface area contributed by atoms with Gasteiger partial charge < -0.3 is 20.4 Å². The molecule has 0 saturated carbocycles. The van der Waals surface area contributed by atoms with Crippen LogP contribution in [0.15, 0.2) is 0 Å². The van der Waals surface area contributed by atoms with Crippen molar-refractivity contribution in [2.75, 3.05) is 12.4 Å². The second-order valence-electron chi connectivity index (χ2n) is 2.89. The van der Waals surface area contributed by atoms with E-state index in [4.69, 9.17) is 25.0 Å². The number of aliphatic hydroxyl groups excluding tert-OH is 4. The van der Waals surface area contributed by atoms with Crippen LogP contribution in [0, 0.1) is 0 Å². The fourth-order valence-electron chi connectivity index (χ4n) is 0.874. The molecule has 0 aromatic heterocycles. The van der Waals surface area contributed by atoms with E-state index in [9.17, 15) is 8.42 Å². The van der Waals surface area contributed by atoms with E-state index in [1.54, 1.807) is 0 Å². The molecule has 0 aliphatic carbocycles. The number of rotatable bonds is 6. The quantitative estimate of drug-likeness (QED) is 0.314. The van der Waals surface area contributed by atoms with Crippen molar-refractivity contribution in [1.29, 1.82) is 0 Å². The van der Waals surface area contributed by atoms with Crippen LogP contribution in [0.5, 0.6) is 0 Å². The maximum Gasteiger partial charge on any atom is 0.267 e. The standard InChI is InChI=1S/C6H14O7S/c7-2-1-4(8)6(10)5(9)3-14(11,12)13/h4-10H,1-3H2,(H,11,12,13)/t4-,5-,6-/m0/s1. The van der Waals surface area contributed by atoms with Gasteiger partial charge in [-0.25, -0.2) is 0 Å². The zero-order valence-corrected chi connectivity index (χ0v) is 8.13. The maximum atomic E-state index is 10.3. The minimum atomic E-state index is -4.40. The van der Waals surface area contributed by atoms with Gasteiger partial charge in [0.15, 0.2) is 0 Å². The van der Waals surface area contributed by atoms with E-state index >= 15 is 0 Å². The zero-order chi connectivity index (χ0) is 11.4. The largest absolute Gasteiger partial charge is 0.396 e. The minimum absolute atomic E-state index is 0.191. The maximum absolute atomic E-state index is 10.3. The molecule has 0 amide bonds. The highest BCUT2D eigenvalue weighted by molar-refractivity contribution is 7.85. The van der Waals surface area contributed by atoms with Gasteiger partial charge in [-0.3, -0.25) is 4.55 Å². The van der Waals surface area contributed by atoms with Crippen molar-refractivity contribution in [3.8, 4) is 0 Å². The molecule has 0 heterocycles. The fraction of sp³-hybridized carbons (Fsp3) is 1.00. The lowest BCUT2D eigenvalue weighted by Crippen LogP contribution is -2.41. The topological polar surface area (TPSA) is 135 Å². The van der Waals surface area contributed by atoms with E-state index in [0.29, 0.717) is 0 Å². The third kappa shape index (κ3) is 5.47. The lowest BCUT2D eigenvalue weighted by atomic mass is 10.1. The van der Waals surface area contributed by atoms with E-state index in [0.717, 1.165) is 0 Å². The molecule has 5 N–H and O–H groups in total. The summed E-state index contributed by atoms with van der Waals surface area (Å²) >= 11 is 0. The van der Waals surface area contributed by atoms with Crippen molar-refractivity contribution in [3.05, 3.63) is 0 Å². The van der Waals surface area contributed by atoms with Crippen LogP contribution in [-0.4, -0.2) is 64.1 Å². The van der Waals surface area contributed by atoms with Gasteiger partial charge in [-0.05, 0) is 6.42 Å². The van der Waals surface area contributed by atoms with Gasteiger partial charge in [0.2, 0.25) is 0 Å². The van der Waals surface area contributed by atoms with E-state index < -0.39 is 40.8 Å². The predicted octanol–water partition coefficient (Wildman–Crippen LogP) is -2.66. The van der Waals surface area contributed by atoms with Gasteiger partial charge in [-0.15, -0.1) is 0 Å². The first-order valence-corrected chi connectivity index (χ1v) is 5.49. The van der Waals surface area contributed by atoms with Crippen molar-refractivity contribution in [3.63, 3.8) is 0 Å².